The second-order valence-corrected chi connectivity index (χ2v) is 4.68. The van der Waals surface area contributed by atoms with Crippen LogP contribution in [0.4, 0.5) is 4.39 Å². The molecule has 1 aliphatic heterocycles. The van der Waals surface area contributed by atoms with Crippen molar-refractivity contribution in [1.29, 1.82) is 0 Å². The molecule has 15 heavy (non-hydrogen) atoms. The molecule has 0 aromatic carbocycles. The first-order valence-electron chi connectivity index (χ1n) is 5.00. The lowest BCUT2D eigenvalue weighted by Gasteiger charge is -2.24. The first kappa shape index (κ1) is 11.9. The summed E-state index contributed by atoms with van der Waals surface area (Å²) < 4.78 is 13.2. The molecular formula is C10H16FNO3. The standard InChI is InChI=1S/C10H16FNO3/c1-10(2)4-3-7(13)12(6-5-10)8(11)9(14)15/h8H,3-6H2,1-2H3,(H,14,15). The van der Waals surface area contributed by atoms with Crippen LogP contribution in [0, 0.1) is 5.41 Å². The molecule has 1 atom stereocenters. The number of alkyl halides is 1. The Morgan fingerprint density at radius 3 is 2.67 bits per heavy atom. The second kappa shape index (κ2) is 4.16. The summed E-state index contributed by atoms with van der Waals surface area (Å²) in [5.41, 5.74) is -0.0252. The molecule has 1 heterocycles. The van der Waals surface area contributed by atoms with Gasteiger partial charge in [0.15, 0.2) is 0 Å². The van der Waals surface area contributed by atoms with Crippen LogP contribution in [0.1, 0.15) is 33.1 Å². The van der Waals surface area contributed by atoms with Gasteiger partial charge in [0.1, 0.15) is 0 Å². The van der Waals surface area contributed by atoms with E-state index < -0.39 is 18.2 Å². The average Bonchev–Trinajstić information content (AvgIpc) is 2.26. The normalized spacial score (nSPS) is 23.4. The van der Waals surface area contributed by atoms with Crippen LogP contribution in [-0.2, 0) is 9.59 Å². The van der Waals surface area contributed by atoms with Crippen LogP contribution in [0.25, 0.3) is 0 Å². The summed E-state index contributed by atoms with van der Waals surface area (Å²) in [4.78, 5) is 22.7. The van der Waals surface area contributed by atoms with Crippen molar-refractivity contribution >= 4 is 11.9 Å². The van der Waals surface area contributed by atoms with Gasteiger partial charge in [0, 0.05) is 13.0 Å². The van der Waals surface area contributed by atoms with E-state index in [0.717, 1.165) is 4.90 Å². The number of rotatable bonds is 2. The van der Waals surface area contributed by atoms with Gasteiger partial charge in [-0.3, -0.25) is 4.79 Å². The van der Waals surface area contributed by atoms with Crippen molar-refractivity contribution in [3.8, 4) is 0 Å². The summed E-state index contributed by atoms with van der Waals surface area (Å²) in [6, 6.07) is 0. The molecule has 1 N–H and O–H groups in total. The van der Waals surface area contributed by atoms with E-state index in [9.17, 15) is 14.0 Å². The maximum Gasteiger partial charge on any atom is 0.359 e. The van der Waals surface area contributed by atoms with E-state index in [1.807, 2.05) is 13.8 Å². The SMILES string of the molecule is CC1(C)CCC(=O)N(C(F)C(=O)O)CC1. The van der Waals surface area contributed by atoms with Gasteiger partial charge >= 0.3 is 5.97 Å². The van der Waals surface area contributed by atoms with E-state index in [1.165, 1.54) is 0 Å². The number of carboxylic acid groups (broad SMARTS) is 1. The minimum absolute atomic E-state index is 0.0252. The maximum absolute atomic E-state index is 13.2. The fourth-order valence-electron chi connectivity index (χ4n) is 1.63. The fourth-order valence-corrected chi connectivity index (χ4v) is 1.63. The number of hydrogen-bond donors (Lipinski definition) is 1. The molecule has 0 saturated carbocycles. The number of aliphatic carboxylic acids is 1. The van der Waals surface area contributed by atoms with Crippen LogP contribution in [0.3, 0.4) is 0 Å². The first-order valence-corrected chi connectivity index (χ1v) is 5.00. The number of halogens is 1. The Kier molecular flexibility index (Phi) is 3.31. The lowest BCUT2D eigenvalue weighted by molar-refractivity contribution is -0.157. The molecule has 1 unspecified atom stereocenters. The zero-order valence-electron chi connectivity index (χ0n) is 8.99. The van der Waals surface area contributed by atoms with E-state index in [-0.39, 0.29) is 18.4 Å². The second-order valence-electron chi connectivity index (χ2n) is 4.68. The summed E-state index contributed by atoms with van der Waals surface area (Å²) in [6.07, 6.45) is -0.673. The van der Waals surface area contributed by atoms with Crippen molar-refractivity contribution in [1.82, 2.24) is 4.90 Å². The van der Waals surface area contributed by atoms with Crippen LogP contribution in [0.5, 0.6) is 0 Å². The third-order valence-corrected chi connectivity index (χ3v) is 2.84. The van der Waals surface area contributed by atoms with Crippen molar-refractivity contribution < 1.29 is 19.1 Å². The number of nitrogens with zero attached hydrogens (tertiary/aromatic N) is 1. The van der Waals surface area contributed by atoms with E-state index in [2.05, 4.69) is 0 Å². The number of likely N-dealkylation sites (tertiary alicyclic amines) is 1. The molecule has 5 heteroatoms. The summed E-state index contributed by atoms with van der Waals surface area (Å²) in [5, 5.41) is 8.51. The molecule has 0 spiro atoms. The third kappa shape index (κ3) is 2.91. The maximum atomic E-state index is 13.2. The molecule has 1 amide bonds. The van der Waals surface area contributed by atoms with E-state index >= 15 is 0 Å². The van der Waals surface area contributed by atoms with Crippen LogP contribution in [0.2, 0.25) is 0 Å². The van der Waals surface area contributed by atoms with E-state index in [4.69, 9.17) is 5.11 Å². The van der Waals surface area contributed by atoms with Crippen LogP contribution < -0.4 is 0 Å². The molecule has 0 aliphatic carbocycles. The molecule has 0 aromatic heterocycles. The van der Waals surface area contributed by atoms with Crippen molar-refractivity contribution in [3.63, 3.8) is 0 Å². The molecule has 86 valence electrons. The monoisotopic (exact) mass is 217 g/mol. The van der Waals surface area contributed by atoms with Crippen LogP contribution >= 0.6 is 0 Å². The van der Waals surface area contributed by atoms with Crippen LogP contribution in [0.15, 0.2) is 0 Å². The van der Waals surface area contributed by atoms with Gasteiger partial charge in [-0.25, -0.2) is 9.18 Å². The fraction of sp³-hybridized carbons (Fsp3) is 0.800. The minimum atomic E-state index is -2.20. The molecule has 1 aliphatic rings. The Bertz CT molecular complexity index is 278. The Labute approximate surface area is 88.1 Å². The molecule has 1 saturated heterocycles. The highest BCUT2D eigenvalue weighted by Gasteiger charge is 2.34. The van der Waals surface area contributed by atoms with Crippen molar-refractivity contribution in [2.24, 2.45) is 5.41 Å². The molecule has 0 radical (unpaired) electrons. The molecule has 0 aromatic rings. The Hall–Kier alpha value is -1.13. The predicted molar refractivity (Wildman–Crippen MR) is 51.9 cm³/mol. The highest BCUT2D eigenvalue weighted by atomic mass is 19.1. The number of amides is 1. The number of carbonyl (C=O) groups is 2. The van der Waals surface area contributed by atoms with E-state index in [0.29, 0.717) is 12.8 Å². The highest BCUT2D eigenvalue weighted by Crippen LogP contribution is 2.31. The Morgan fingerprint density at radius 1 is 1.53 bits per heavy atom. The van der Waals surface area contributed by atoms with E-state index in [1.54, 1.807) is 0 Å². The molecule has 1 rings (SSSR count). The molecule has 1 fully saturated rings. The molecule has 4 nitrogen and oxygen atoms in total. The summed E-state index contributed by atoms with van der Waals surface area (Å²) in [6.45, 7) is 4.18. The zero-order chi connectivity index (χ0) is 11.6. The number of hydrogen-bond acceptors (Lipinski definition) is 2. The van der Waals surface area contributed by atoms with Gasteiger partial charge < -0.3 is 10.0 Å². The van der Waals surface area contributed by atoms with Gasteiger partial charge in [0.05, 0.1) is 0 Å². The quantitative estimate of drug-likeness (QED) is 0.711. The Balaban J connectivity index is 2.74. The minimum Gasteiger partial charge on any atom is -0.478 e. The third-order valence-electron chi connectivity index (χ3n) is 2.84. The van der Waals surface area contributed by atoms with Crippen LogP contribution in [-0.4, -0.2) is 34.7 Å². The van der Waals surface area contributed by atoms with Gasteiger partial charge in [-0.05, 0) is 18.3 Å². The molecular weight excluding hydrogens is 201 g/mol. The van der Waals surface area contributed by atoms with Crippen molar-refractivity contribution in [2.75, 3.05) is 6.54 Å². The lowest BCUT2D eigenvalue weighted by Crippen LogP contribution is -2.42. The number of carbonyl (C=O) groups excluding carboxylic acids is 1. The largest absolute Gasteiger partial charge is 0.478 e. The smallest absolute Gasteiger partial charge is 0.359 e. The number of carboxylic acids is 1. The van der Waals surface area contributed by atoms with Gasteiger partial charge in [-0.15, -0.1) is 0 Å². The van der Waals surface area contributed by atoms with Gasteiger partial charge in [-0.1, -0.05) is 13.8 Å². The van der Waals surface area contributed by atoms with Crippen molar-refractivity contribution in [2.45, 2.75) is 39.4 Å². The summed E-state index contributed by atoms with van der Waals surface area (Å²) in [5.74, 6) is -2.00. The summed E-state index contributed by atoms with van der Waals surface area (Å²) in [7, 11) is 0. The van der Waals surface area contributed by atoms with Gasteiger partial charge in [-0.2, -0.15) is 0 Å². The van der Waals surface area contributed by atoms with Gasteiger partial charge in [0.25, 0.3) is 6.30 Å². The molecule has 0 bridgehead atoms. The van der Waals surface area contributed by atoms with Gasteiger partial charge in [0.2, 0.25) is 5.91 Å². The Morgan fingerprint density at radius 2 is 2.13 bits per heavy atom. The average molecular weight is 217 g/mol. The lowest BCUT2D eigenvalue weighted by atomic mass is 9.85. The summed E-state index contributed by atoms with van der Waals surface area (Å²) >= 11 is 0. The topological polar surface area (TPSA) is 57.6 Å². The first-order chi connectivity index (χ1) is 6.83. The van der Waals surface area contributed by atoms with Crippen molar-refractivity contribution in [3.05, 3.63) is 0 Å². The zero-order valence-corrected chi connectivity index (χ0v) is 8.99. The highest BCUT2D eigenvalue weighted by molar-refractivity contribution is 5.82. The predicted octanol–water partition coefficient (Wildman–Crippen LogP) is 1.41.